The Kier molecular flexibility index (Phi) is 7.63. The van der Waals surface area contributed by atoms with Gasteiger partial charge in [-0.05, 0) is 71.8 Å². The number of carbonyl (C=O) groups excluding carboxylic acids is 1. The molecule has 1 unspecified atom stereocenters. The minimum atomic E-state index is -0.264. The molecule has 1 aliphatic rings. The standard InChI is InChI=1S/C23H33ClN4O2S/c1-14-11-15(2)25-22(29)19(14)12-28(24)23(30)20-13-31-21(16(20)3)17(4)27-9-7-18(8-10-27)26(5)6/h11,13,17-18H,7-10,12H2,1-6H3,(H,25,29). The number of hydrogen-bond donors (Lipinski definition) is 1. The molecule has 3 rings (SSSR count). The normalized spacial score (nSPS) is 16.6. The van der Waals surface area contributed by atoms with Crippen LogP contribution in [0, 0.1) is 20.8 Å². The van der Waals surface area contributed by atoms with Gasteiger partial charge in [0.15, 0.2) is 0 Å². The Bertz CT molecular complexity index is 992. The van der Waals surface area contributed by atoms with Gasteiger partial charge in [0, 0.05) is 58.5 Å². The average molecular weight is 465 g/mol. The number of amides is 1. The third-order valence-corrected chi connectivity index (χ3v) is 8.00. The van der Waals surface area contributed by atoms with Crippen LogP contribution in [0.3, 0.4) is 0 Å². The second-order valence-corrected chi connectivity index (χ2v) is 10.1. The average Bonchev–Trinajstić information content (AvgIpc) is 3.10. The number of carbonyl (C=O) groups is 1. The van der Waals surface area contributed by atoms with Crippen molar-refractivity contribution in [3.05, 3.63) is 54.6 Å². The predicted octanol–water partition coefficient (Wildman–Crippen LogP) is 4.24. The molecule has 0 spiro atoms. The summed E-state index contributed by atoms with van der Waals surface area (Å²) in [6, 6.07) is 2.80. The molecular weight excluding hydrogens is 432 g/mol. The molecule has 2 aromatic heterocycles. The van der Waals surface area contributed by atoms with Gasteiger partial charge in [0.1, 0.15) is 0 Å². The van der Waals surface area contributed by atoms with Crippen molar-refractivity contribution in [2.45, 2.75) is 59.2 Å². The van der Waals surface area contributed by atoms with Gasteiger partial charge in [-0.15, -0.1) is 11.3 Å². The molecule has 1 fully saturated rings. The molecule has 8 heteroatoms. The number of rotatable bonds is 6. The number of nitrogens with one attached hydrogen (secondary N) is 1. The van der Waals surface area contributed by atoms with Gasteiger partial charge in [-0.25, -0.2) is 4.42 Å². The first-order valence-corrected chi connectivity index (χ1v) is 12.0. The lowest BCUT2D eigenvalue weighted by atomic mass is 10.0. The van der Waals surface area contributed by atoms with Crippen molar-refractivity contribution in [3.63, 3.8) is 0 Å². The molecule has 3 heterocycles. The molecule has 31 heavy (non-hydrogen) atoms. The highest BCUT2D eigenvalue weighted by molar-refractivity contribution is 7.10. The van der Waals surface area contributed by atoms with Crippen molar-refractivity contribution in [1.29, 1.82) is 0 Å². The van der Waals surface area contributed by atoms with E-state index in [1.165, 1.54) is 4.88 Å². The van der Waals surface area contributed by atoms with E-state index >= 15 is 0 Å². The molecule has 0 saturated carbocycles. The summed E-state index contributed by atoms with van der Waals surface area (Å²) < 4.78 is 1.12. The predicted molar refractivity (Wildman–Crippen MR) is 128 cm³/mol. The molecule has 0 aliphatic carbocycles. The Balaban J connectivity index is 1.72. The SMILES string of the molecule is Cc1cc(C)c(CN(Cl)C(=O)c2csc(C(C)N3CCC(N(C)C)CC3)c2C)c(=O)[nH]1. The highest BCUT2D eigenvalue weighted by Gasteiger charge is 2.28. The number of thiophene rings is 1. The number of hydrogen-bond acceptors (Lipinski definition) is 5. The Morgan fingerprint density at radius 2 is 1.94 bits per heavy atom. The van der Waals surface area contributed by atoms with E-state index in [4.69, 9.17) is 11.8 Å². The topological polar surface area (TPSA) is 59.7 Å². The van der Waals surface area contributed by atoms with Gasteiger partial charge in [0.2, 0.25) is 0 Å². The van der Waals surface area contributed by atoms with E-state index in [0.717, 1.165) is 47.2 Å². The smallest absolute Gasteiger partial charge is 0.269 e. The van der Waals surface area contributed by atoms with Crippen LogP contribution in [-0.4, -0.2) is 58.3 Å². The maximum atomic E-state index is 13.1. The van der Waals surface area contributed by atoms with Gasteiger partial charge in [-0.1, -0.05) is 0 Å². The maximum absolute atomic E-state index is 13.1. The monoisotopic (exact) mass is 464 g/mol. The summed E-state index contributed by atoms with van der Waals surface area (Å²) in [6.07, 6.45) is 2.32. The zero-order chi connectivity index (χ0) is 22.9. The molecule has 0 bridgehead atoms. The summed E-state index contributed by atoms with van der Waals surface area (Å²) in [5.41, 5.74) is 3.54. The zero-order valence-corrected chi connectivity index (χ0v) is 20.9. The molecule has 2 aromatic rings. The van der Waals surface area contributed by atoms with Crippen molar-refractivity contribution in [2.75, 3.05) is 27.2 Å². The third-order valence-electron chi connectivity index (χ3n) is 6.48. The summed E-state index contributed by atoms with van der Waals surface area (Å²) in [5, 5.41) is 1.90. The van der Waals surface area contributed by atoms with E-state index in [9.17, 15) is 9.59 Å². The van der Waals surface area contributed by atoms with E-state index in [0.29, 0.717) is 17.2 Å². The second kappa shape index (κ2) is 9.86. The first-order valence-electron chi connectivity index (χ1n) is 10.8. The van der Waals surface area contributed by atoms with Crippen molar-refractivity contribution >= 4 is 29.0 Å². The van der Waals surface area contributed by atoms with Gasteiger partial charge in [0.05, 0.1) is 12.1 Å². The fraction of sp³-hybridized carbons (Fsp3) is 0.565. The number of aromatic nitrogens is 1. The number of H-pyrrole nitrogens is 1. The Morgan fingerprint density at radius 1 is 1.29 bits per heavy atom. The Hall–Kier alpha value is -1.67. The summed E-state index contributed by atoms with van der Waals surface area (Å²) in [6.45, 7) is 10.1. The van der Waals surface area contributed by atoms with Gasteiger partial charge in [0.25, 0.3) is 11.5 Å². The van der Waals surface area contributed by atoms with Gasteiger partial charge in [-0.3, -0.25) is 14.5 Å². The van der Waals surface area contributed by atoms with Gasteiger partial charge >= 0.3 is 0 Å². The lowest BCUT2D eigenvalue weighted by Gasteiger charge is -2.38. The number of piperidine rings is 1. The first kappa shape index (κ1) is 24.0. The number of aromatic amines is 1. The Morgan fingerprint density at radius 3 is 2.52 bits per heavy atom. The summed E-state index contributed by atoms with van der Waals surface area (Å²) in [7, 11) is 4.30. The number of likely N-dealkylation sites (tertiary alicyclic amines) is 1. The zero-order valence-electron chi connectivity index (χ0n) is 19.3. The van der Waals surface area contributed by atoms with Crippen LogP contribution in [0.15, 0.2) is 16.2 Å². The van der Waals surface area contributed by atoms with Gasteiger partial charge < -0.3 is 9.88 Å². The van der Waals surface area contributed by atoms with Crippen molar-refractivity contribution in [3.8, 4) is 0 Å². The molecule has 170 valence electrons. The molecule has 0 aromatic carbocycles. The lowest BCUT2D eigenvalue weighted by molar-refractivity contribution is 0.0856. The molecule has 1 saturated heterocycles. The largest absolute Gasteiger partial charge is 0.326 e. The summed E-state index contributed by atoms with van der Waals surface area (Å²) in [4.78, 5) is 34.2. The quantitative estimate of drug-likeness (QED) is 0.649. The fourth-order valence-electron chi connectivity index (χ4n) is 4.43. The number of nitrogens with zero attached hydrogens (tertiary/aromatic N) is 3. The molecule has 6 nitrogen and oxygen atoms in total. The highest BCUT2D eigenvalue weighted by atomic mass is 35.5. The summed E-state index contributed by atoms with van der Waals surface area (Å²) >= 11 is 7.98. The van der Waals surface area contributed by atoms with Crippen molar-refractivity contribution in [1.82, 2.24) is 19.2 Å². The highest BCUT2D eigenvalue weighted by Crippen LogP contribution is 2.34. The van der Waals surface area contributed by atoms with Crippen LogP contribution < -0.4 is 5.56 Å². The lowest BCUT2D eigenvalue weighted by Crippen LogP contribution is -2.42. The molecular formula is C23H33ClN4O2S. The first-order chi connectivity index (χ1) is 14.6. The van der Waals surface area contributed by atoms with Crippen LogP contribution in [-0.2, 0) is 6.54 Å². The molecule has 1 aliphatic heterocycles. The van der Waals surface area contributed by atoms with E-state index in [2.05, 4.69) is 35.8 Å². The van der Waals surface area contributed by atoms with Crippen molar-refractivity contribution in [2.24, 2.45) is 0 Å². The van der Waals surface area contributed by atoms with Crippen LogP contribution in [0.2, 0.25) is 0 Å². The summed E-state index contributed by atoms with van der Waals surface area (Å²) in [5.74, 6) is -0.264. The second-order valence-electron chi connectivity index (χ2n) is 8.81. The minimum absolute atomic E-state index is 0.0695. The van der Waals surface area contributed by atoms with Crippen LogP contribution >= 0.6 is 23.1 Å². The number of pyridine rings is 1. The third kappa shape index (κ3) is 5.22. The maximum Gasteiger partial charge on any atom is 0.269 e. The van der Waals surface area contributed by atoms with Crippen molar-refractivity contribution < 1.29 is 4.79 Å². The minimum Gasteiger partial charge on any atom is -0.326 e. The van der Waals surface area contributed by atoms with Crippen LogP contribution in [0.25, 0.3) is 0 Å². The molecule has 1 N–H and O–H groups in total. The van der Waals surface area contributed by atoms with E-state index in [1.54, 1.807) is 11.3 Å². The molecule has 1 atom stereocenters. The van der Waals surface area contributed by atoms with E-state index in [1.807, 2.05) is 32.2 Å². The van der Waals surface area contributed by atoms with Crippen LogP contribution in [0.4, 0.5) is 0 Å². The van der Waals surface area contributed by atoms with Crippen LogP contribution in [0.5, 0.6) is 0 Å². The fourth-order valence-corrected chi connectivity index (χ4v) is 5.79. The van der Waals surface area contributed by atoms with E-state index < -0.39 is 0 Å². The molecule has 0 radical (unpaired) electrons. The number of aryl methyl sites for hydroxylation is 2. The Labute approximate surface area is 193 Å². The van der Waals surface area contributed by atoms with Gasteiger partial charge in [-0.2, -0.15) is 0 Å². The number of halogens is 1. The van der Waals surface area contributed by atoms with E-state index in [-0.39, 0.29) is 24.1 Å². The van der Waals surface area contributed by atoms with Crippen LogP contribution in [0.1, 0.15) is 63.4 Å². The molecule has 1 amide bonds.